The molecule has 3 aromatic rings. The zero-order valence-electron chi connectivity index (χ0n) is 16.2. The minimum absolute atomic E-state index is 0.00941. The fraction of sp³-hybridized carbons (Fsp3) is 0.450. The number of thiophene rings is 2. The standard InChI is InChI=1S/C20H25N3O2S3/c1-3-5-10-22(4-2)17(24)14-28-20-21-16-9-13-27-18(16)19(25)23(20)11-8-15-7-6-12-26-15/h6-7,9,12-13H,3-5,8,10-11,14H2,1-2H3. The van der Waals surface area contributed by atoms with Crippen LogP contribution >= 0.6 is 34.4 Å². The molecule has 0 spiro atoms. The van der Waals surface area contributed by atoms with Crippen LogP contribution in [-0.4, -0.2) is 39.2 Å². The van der Waals surface area contributed by atoms with Gasteiger partial charge in [-0.05, 0) is 42.7 Å². The van der Waals surface area contributed by atoms with Crippen molar-refractivity contribution in [3.05, 3.63) is 44.2 Å². The van der Waals surface area contributed by atoms with Gasteiger partial charge in [0.25, 0.3) is 5.56 Å². The molecule has 0 aromatic carbocycles. The fourth-order valence-electron chi connectivity index (χ4n) is 2.93. The van der Waals surface area contributed by atoms with E-state index in [9.17, 15) is 9.59 Å². The van der Waals surface area contributed by atoms with Gasteiger partial charge in [-0.1, -0.05) is 31.2 Å². The average Bonchev–Trinajstić information content (AvgIpc) is 3.38. The molecular weight excluding hydrogens is 410 g/mol. The van der Waals surface area contributed by atoms with Crippen LogP contribution in [0.4, 0.5) is 0 Å². The minimum atomic E-state index is -0.00941. The second-order valence-corrected chi connectivity index (χ2v) is 9.32. The van der Waals surface area contributed by atoms with Crippen molar-refractivity contribution >= 4 is 50.6 Å². The summed E-state index contributed by atoms with van der Waals surface area (Å²) < 4.78 is 2.42. The largest absolute Gasteiger partial charge is 0.342 e. The Morgan fingerprint density at radius 2 is 2.11 bits per heavy atom. The molecule has 3 rings (SSSR count). The Labute approximate surface area is 177 Å². The van der Waals surface area contributed by atoms with Crippen molar-refractivity contribution in [1.29, 1.82) is 0 Å². The van der Waals surface area contributed by atoms with Crippen LogP contribution in [0.2, 0.25) is 0 Å². The number of aryl methyl sites for hydroxylation is 1. The van der Waals surface area contributed by atoms with Crippen molar-refractivity contribution in [3.63, 3.8) is 0 Å². The highest BCUT2D eigenvalue weighted by Gasteiger charge is 2.16. The fourth-order valence-corrected chi connectivity index (χ4v) is 5.34. The van der Waals surface area contributed by atoms with Crippen LogP contribution in [0.25, 0.3) is 10.2 Å². The van der Waals surface area contributed by atoms with E-state index in [1.54, 1.807) is 15.9 Å². The molecule has 0 aliphatic rings. The molecule has 3 aromatic heterocycles. The van der Waals surface area contributed by atoms with Crippen molar-refractivity contribution in [2.45, 2.75) is 44.8 Å². The SMILES string of the molecule is CCCCN(CC)C(=O)CSc1nc2ccsc2c(=O)n1CCc1cccs1. The predicted octanol–water partition coefficient (Wildman–Crippen LogP) is 4.50. The van der Waals surface area contributed by atoms with E-state index in [1.165, 1.54) is 28.0 Å². The number of rotatable bonds is 10. The first-order valence-corrected chi connectivity index (χ1v) is 12.3. The summed E-state index contributed by atoms with van der Waals surface area (Å²) in [4.78, 5) is 33.4. The van der Waals surface area contributed by atoms with E-state index in [-0.39, 0.29) is 11.5 Å². The van der Waals surface area contributed by atoms with Crippen molar-refractivity contribution in [1.82, 2.24) is 14.5 Å². The number of amides is 1. The topological polar surface area (TPSA) is 55.2 Å². The summed E-state index contributed by atoms with van der Waals surface area (Å²) in [5, 5.41) is 4.57. The average molecular weight is 436 g/mol. The molecule has 5 nitrogen and oxygen atoms in total. The number of aromatic nitrogens is 2. The highest BCUT2D eigenvalue weighted by atomic mass is 32.2. The summed E-state index contributed by atoms with van der Waals surface area (Å²) in [5.74, 6) is 0.406. The lowest BCUT2D eigenvalue weighted by atomic mass is 10.3. The molecular formula is C20H25N3O2S3. The maximum absolute atomic E-state index is 13.0. The van der Waals surface area contributed by atoms with Crippen LogP contribution in [0.1, 0.15) is 31.6 Å². The van der Waals surface area contributed by atoms with Crippen molar-refractivity contribution in [2.24, 2.45) is 0 Å². The number of hydrogen-bond donors (Lipinski definition) is 0. The van der Waals surface area contributed by atoms with Gasteiger partial charge in [0.05, 0.1) is 11.3 Å². The van der Waals surface area contributed by atoms with Gasteiger partial charge in [-0.2, -0.15) is 0 Å². The van der Waals surface area contributed by atoms with E-state index in [0.717, 1.165) is 31.3 Å². The lowest BCUT2D eigenvalue weighted by Crippen LogP contribution is -2.33. The van der Waals surface area contributed by atoms with Gasteiger partial charge in [-0.3, -0.25) is 14.2 Å². The first-order valence-electron chi connectivity index (χ1n) is 9.55. The van der Waals surface area contributed by atoms with Gasteiger partial charge in [0.1, 0.15) is 4.70 Å². The molecule has 0 atom stereocenters. The van der Waals surface area contributed by atoms with E-state index in [4.69, 9.17) is 0 Å². The maximum Gasteiger partial charge on any atom is 0.272 e. The summed E-state index contributed by atoms with van der Waals surface area (Å²) in [5.41, 5.74) is 0.709. The normalized spacial score (nSPS) is 11.2. The quantitative estimate of drug-likeness (QED) is 0.347. The van der Waals surface area contributed by atoms with Crippen LogP contribution in [0.5, 0.6) is 0 Å². The number of hydrogen-bond acceptors (Lipinski definition) is 6. The first-order chi connectivity index (χ1) is 13.6. The molecule has 0 bridgehead atoms. The van der Waals surface area contributed by atoms with Gasteiger partial charge in [0, 0.05) is 24.5 Å². The summed E-state index contributed by atoms with van der Waals surface area (Å²) in [6.45, 7) is 6.20. The molecule has 3 heterocycles. The number of carbonyl (C=O) groups excluding carboxylic acids is 1. The zero-order valence-corrected chi connectivity index (χ0v) is 18.7. The molecule has 0 radical (unpaired) electrons. The van der Waals surface area contributed by atoms with E-state index in [2.05, 4.69) is 18.0 Å². The van der Waals surface area contributed by atoms with Crippen LogP contribution in [0, 0.1) is 0 Å². The molecule has 0 N–H and O–H groups in total. The maximum atomic E-state index is 13.0. The summed E-state index contributed by atoms with van der Waals surface area (Å²) >= 11 is 4.49. The molecule has 150 valence electrons. The third kappa shape index (κ3) is 5.04. The van der Waals surface area contributed by atoms with Crippen molar-refractivity contribution < 1.29 is 4.79 Å². The molecule has 0 fully saturated rings. The highest BCUT2D eigenvalue weighted by Crippen LogP contribution is 2.22. The molecule has 0 unspecified atom stereocenters. The molecule has 0 aliphatic heterocycles. The summed E-state index contributed by atoms with van der Waals surface area (Å²) in [6, 6.07) is 5.97. The van der Waals surface area contributed by atoms with Crippen LogP contribution in [0.3, 0.4) is 0 Å². The van der Waals surface area contributed by atoms with Crippen LogP contribution < -0.4 is 5.56 Å². The third-order valence-corrected chi connectivity index (χ3v) is 7.32. The Balaban J connectivity index is 1.79. The molecule has 0 saturated carbocycles. The Kier molecular flexibility index (Phi) is 7.70. The molecule has 0 saturated heterocycles. The van der Waals surface area contributed by atoms with Gasteiger partial charge in [0.2, 0.25) is 5.91 Å². The Hall–Kier alpha value is -1.64. The predicted molar refractivity (Wildman–Crippen MR) is 120 cm³/mol. The molecule has 8 heteroatoms. The molecule has 1 amide bonds. The third-order valence-electron chi connectivity index (χ3n) is 4.53. The molecule has 0 aliphatic carbocycles. The number of thioether (sulfide) groups is 1. The zero-order chi connectivity index (χ0) is 19.9. The van der Waals surface area contributed by atoms with Gasteiger partial charge in [0.15, 0.2) is 5.16 Å². The first kappa shape index (κ1) is 21.1. The number of fused-ring (bicyclic) bond motifs is 1. The van der Waals surface area contributed by atoms with E-state index < -0.39 is 0 Å². The lowest BCUT2D eigenvalue weighted by molar-refractivity contribution is -0.128. The summed E-state index contributed by atoms with van der Waals surface area (Å²) in [6.07, 6.45) is 2.86. The van der Waals surface area contributed by atoms with Gasteiger partial charge in [-0.15, -0.1) is 22.7 Å². The van der Waals surface area contributed by atoms with Crippen LogP contribution in [0.15, 0.2) is 38.9 Å². The Bertz CT molecular complexity index is 963. The minimum Gasteiger partial charge on any atom is -0.342 e. The Morgan fingerprint density at radius 1 is 1.25 bits per heavy atom. The Morgan fingerprint density at radius 3 is 2.82 bits per heavy atom. The highest BCUT2D eigenvalue weighted by molar-refractivity contribution is 7.99. The monoisotopic (exact) mass is 435 g/mol. The number of nitrogens with zero attached hydrogens (tertiary/aromatic N) is 3. The second kappa shape index (κ2) is 10.2. The van der Waals surface area contributed by atoms with Crippen molar-refractivity contribution in [3.8, 4) is 0 Å². The van der Waals surface area contributed by atoms with Gasteiger partial charge < -0.3 is 4.90 Å². The van der Waals surface area contributed by atoms with Crippen molar-refractivity contribution in [2.75, 3.05) is 18.8 Å². The summed E-state index contributed by atoms with van der Waals surface area (Å²) in [7, 11) is 0. The van der Waals surface area contributed by atoms with E-state index >= 15 is 0 Å². The van der Waals surface area contributed by atoms with E-state index in [0.29, 0.717) is 28.7 Å². The second-order valence-electron chi connectivity index (χ2n) is 6.43. The van der Waals surface area contributed by atoms with E-state index in [1.807, 2.05) is 34.7 Å². The number of unbranched alkanes of at least 4 members (excludes halogenated alkanes) is 1. The van der Waals surface area contributed by atoms with Crippen LogP contribution in [-0.2, 0) is 17.8 Å². The van der Waals surface area contributed by atoms with Gasteiger partial charge in [-0.25, -0.2) is 4.98 Å². The molecule has 28 heavy (non-hydrogen) atoms. The van der Waals surface area contributed by atoms with Gasteiger partial charge >= 0.3 is 0 Å². The number of carbonyl (C=O) groups is 1. The lowest BCUT2D eigenvalue weighted by Gasteiger charge is -2.20. The smallest absolute Gasteiger partial charge is 0.272 e.